The van der Waals surface area contributed by atoms with E-state index >= 15 is 57.5 Å². The second-order valence-electron chi connectivity index (χ2n) is 35.7. The molecule has 0 unspecified atom stereocenters. The van der Waals surface area contributed by atoms with Crippen molar-refractivity contribution in [2.45, 2.75) is 260 Å². The van der Waals surface area contributed by atoms with Gasteiger partial charge in [-0.15, -0.1) is 0 Å². The van der Waals surface area contributed by atoms with Gasteiger partial charge in [-0.3, -0.25) is 113 Å². The molecule has 18 amide bonds. The Balaban J connectivity index is 1.89. The van der Waals surface area contributed by atoms with Gasteiger partial charge in [0.25, 0.3) is 0 Å². The summed E-state index contributed by atoms with van der Waals surface area (Å²) in [5.74, 6) is -26.5. The first-order valence-electron chi connectivity index (χ1n) is 47.8. The Morgan fingerprint density at radius 3 is 0.924 bits per heavy atom. The Morgan fingerprint density at radius 2 is 0.600 bits per heavy atom. The lowest BCUT2D eigenvalue weighted by Crippen LogP contribution is -2.63. The average Bonchev–Trinajstić information content (AvgIpc) is 0.827. The minimum atomic E-state index is -1.96. The molecule has 0 aliphatic carbocycles. The summed E-state index contributed by atoms with van der Waals surface area (Å²) >= 11 is 0. The number of unbranched alkanes of at least 4 members (excludes halogenated alkanes) is 1. The first-order valence-corrected chi connectivity index (χ1v) is 55.2. The van der Waals surface area contributed by atoms with Crippen LogP contribution in [0.2, 0.25) is 0 Å². The van der Waals surface area contributed by atoms with Crippen molar-refractivity contribution in [3.05, 3.63) is 35.9 Å². The normalized spacial score (nSPS) is 26.1. The largest absolute Gasteiger partial charge is 0.391 e. The number of carbonyl (C=O) groups is 18. The molecule has 6 bridgehead atoms. The van der Waals surface area contributed by atoms with Gasteiger partial charge in [0.2, 0.25) is 106 Å². The van der Waals surface area contributed by atoms with E-state index in [-0.39, 0.29) is 136 Å². The number of hydrogen-bond acceptors (Lipinski definition) is 31. The molecule has 41 N–H and O–H groups in total. The molecule has 4 aliphatic rings. The number of aliphatic hydroxyl groups excluding tert-OH is 1. The molecule has 4 heterocycles. The number of aliphatic hydroxyl groups is 1. The second-order valence-corrected chi connectivity index (χ2v) is 43.3. The fourth-order valence-electron chi connectivity index (χ4n) is 14.8. The standard InChI is InChI=1S/C86H146N34O19S6/c1-8-44(6)63-80(138)117-60-41-145-141-37-56(115-72(130)54(34-46-19-10-9-11-20-46)111-68(126)48(21-12-13-27-87)105-67(125)52(26-18-32-102-86(96)97)109-81(139)64(45(7)121)120-78(60)136)74(132)107-50(24-16-30-100-84(92)93)69(127)112-57-38-142-144-40-59(77(135)119-63)113-70(128)51(25-17-31-101-85(94)95)108-75(133)58-39-143-140-36-55(114-71(129)53(33-42(2)3)110-76(57)134)73(131)106-49(23-15-29-99-83(90)91)66(124)104-47(22-14-28-98-82(88)89)65(123)103-35-61(122)118-62(43(4)5)79(137)116-58/h9-11,19-20,42-45,47-60,62-64,121H,8,12-18,21-41,87H2,1-7H3,(H,103,123)(H,104,124)(H,105,125)(H,106,131)(H,107,132)(H,108,133)(H,109,139)(H,110,134)(H,111,126)(H,112,127)(H,113,128)(H,114,129)(H,115,130)(H,116,137)(H,117,138)(H,118,122)(H,119,135)(H,120,136)(H4,88,89,98)(H4,90,91,99)(H4,92,93,100)(H4,94,95,101)(H4,96,97,102)/t44-,45+,47-,48-,49-,50-,51-,52-,53-,54-,55-,56-,57-,58-,59-,60-,62-,63-,64-/m0/s1. The monoisotopic (exact) mass is 2150 g/mol. The van der Waals surface area contributed by atoms with Crippen LogP contribution in [-0.4, -0.2) is 330 Å². The molecule has 0 aromatic heterocycles. The number of nitrogens with one attached hydrogen (secondary N) is 28. The molecular weight excluding hydrogens is 2010 g/mol. The summed E-state index contributed by atoms with van der Waals surface area (Å²) in [6, 6.07) is -20.5. The van der Waals surface area contributed by atoms with Crippen LogP contribution in [0, 0.1) is 44.8 Å². The number of guanidine groups is 5. The molecule has 4 aliphatic heterocycles. The summed E-state index contributed by atoms with van der Waals surface area (Å²) in [4.78, 5) is 274. The Hall–Kier alpha value is -11.9. The molecule has 53 nitrogen and oxygen atoms in total. The van der Waals surface area contributed by atoms with Crippen molar-refractivity contribution in [1.82, 2.24) is 122 Å². The van der Waals surface area contributed by atoms with Gasteiger partial charge < -0.3 is 162 Å². The van der Waals surface area contributed by atoms with Crippen LogP contribution in [-0.2, 0) is 92.7 Å². The zero-order valence-corrected chi connectivity index (χ0v) is 87.1. The third-order valence-electron chi connectivity index (χ3n) is 22.9. The van der Waals surface area contributed by atoms with Gasteiger partial charge in [-0.1, -0.05) is 143 Å². The van der Waals surface area contributed by atoms with Gasteiger partial charge in [0.15, 0.2) is 29.8 Å². The number of amides is 18. The van der Waals surface area contributed by atoms with E-state index in [1.165, 1.54) is 0 Å². The van der Waals surface area contributed by atoms with Crippen molar-refractivity contribution in [1.29, 1.82) is 27.0 Å². The van der Waals surface area contributed by atoms with Crippen LogP contribution in [0.15, 0.2) is 30.3 Å². The SMILES string of the molecule is CC[C@H](C)[C@@H]1NC(=O)[C@@H]2CSSC[C@H](NC(=O)[C@H](CCCNC(=N)N)NC(=O)[C@@H]3CSSC[C@H](NC1=O)C(=O)N[C@@H]([C@@H](C)O)C(=O)N[C@@H](CCCNC(=N)N)C(=O)N[C@@H](CCCCN)C(=O)N[C@@H](Cc1ccccc1)C(=O)N3)C(=O)N[C@@H](CC(C)C)C(=O)N[C@H]1CSSC[C@H](NC(=O)[C@H](C(C)C)NC(=O)CNC(=O)[C@H](CCCNC(=N)N)NC(=O)[C@H](CCCNC(=N)N)NC1=O)C(=O)N[C@@H](CCCNC(=N)N)C(=O)N2. The fraction of sp³-hybridized carbons (Fsp3) is 0.663. The van der Waals surface area contributed by atoms with Crippen molar-refractivity contribution in [3.8, 4) is 0 Å². The molecule has 145 heavy (non-hydrogen) atoms. The number of fused-ring (bicyclic) bond motifs is 15. The number of carbonyl (C=O) groups excluding carboxylic acids is 18. The minimum absolute atomic E-state index is 0.00460. The molecule has 4 fully saturated rings. The zero-order valence-electron chi connectivity index (χ0n) is 82.2. The molecule has 5 rings (SSSR count). The van der Waals surface area contributed by atoms with Gasteiger partial charge in [-0.05, 0) is 127 Å². The lowest BCUT2D eigenvalue weighted by atomic mass is 9.97. The summed E-state index contributed by atoms with van der Waals surface area (Å²) in [7, 11) is 4.83. The van der Waals surface area contributed by atoms with Crippen LogP contribution in [0.4, 0.5) is 0 Å². The van der Waals surface area contributed by atoms with Crippen molar-refractivity contribution in [2.24, 2.45) is 52.2 Å². The Labute approximate surface area is 864 Å². The van der Waals surface area contributed by atoms with Crippen LogP contribution in [0.1, 0.15) is 150 Å². The molecule has 19 atom stereocenters. The van der Waals surface area contributed by atoms with Gasteiger partial charge in [0.1, 0.15) is 103 Å². The molecule has 1 aromatic rings. The molecule has 0 radical (unpaired) electrons. The summed E-state index contributed by atoms with van der Waals surface area (Å²) < 4.78 is 0. The van der Waals surface area contributed by atoms with E-state index in [1.54, 1.807) is 71.9 Å². The van der Waals surface area contributed by atoms with Crippen LogP contribution in [0.25, 0.3) is 0 Å². The lowest BCUT2D eigenvalue weighted by molar-refractivity contribution is -0.137. The molecule has 810 valence electrons. The third kappa shape index (κ3) is 46.1. The average molecular weight is 2150 g/mol. The summed E-state index contributed by atoms with van der Waals surface area (Å²) in [6.45, 7) is 9.84. The Kier molecular flexibility index (Phi) is 55.8. The topological polar surface area (TPSA) is 880 Å². The second kappa shape index (κ2) is 65.5. The van der Waals surface area contributed by atoms with E-state index in [1.807, 2.05) is 0 Å². The molecule has 0 saturated carbocycles. The van der Waals surface area contributed by atoms with Gasteiger partial charge in [-0.25, -0.2) is 0 Å². The Morgan fingerprint density at radius 1 is 0.331 bits per heavy atom. The van der Waals surface area contributed by atoms with Crippen molar-refractivity contribution >= 4 is 201 Å². The van der Waals surface area contributed by atoms with Gasteiger partial charge in [0.05, 0.1) is 12.6 Å². The van der Waals surface area contributed by atoms with Crippen molar-refractivity contribution < 1.29 is 91.4 Å². The maximum absolute atomic E-state index is 15.8. The highest BCUT2D eigenvalue weighted by Crippen LogP contribution is 2.29. The van der Waals surface area contributed by atoms with E-state index in [2.05, 4.69) is 122 Å². The van der Waals surface area contributed by atoms with Gasteiger partial charge in [-0.2, -0.15) is 0 Å². The van der Waals surface area contributed by atoms with E-state index < -0.39 is 304 Å². The quantitative estimate of drug-likeness (QED) is 0.0138. The first kappa shape index (κ1) is 124. The maximum atomic E-state index is 15.8. The molecule has 4 saturated heterocycles. The minimum Gasteiger partial charge on any atom is -0.391 e. The van der Waals surface area contributed by atoms with Gasteiger partial charge in [0, 0.05) is 73.7 Å². The van der Waals surface area contributed by atoms with Crippen LogP contribution in [0.5, 0.6) is 0 Å². The highest BCUT2D eigenvalue weighted by molar-refractivity contribution is 8.77. The van der Waals surface area contributed by atoms with Gasteiger partial charge >= 0.3 is 0 Å². The maximum Gasteiger partial charge on any atom is 0.245 e. The molecule has 1 aromatic carbocycles. The zero-order chi connectivity index (χ0) is 108. The highest BCUT2D eigenvalue weighted by Gasteiger charge is 2.43. The van der Waals surface area contributed by atoms with E-state index in [0.29, 0.717) is 12.0 Å². The highest BCUT2D eigenvalue weighted by atomic mass is 33.1. The first-order chi connectivity index (χ1) is 68.8. The van der Waals surface area contributed by atoms with E-state index in [4.69, 9.17) is 61.4 Å². The van der Waals surface area contributed by atoms with Crippen LogP contribution >= 0.6 is 64.8 Å². The van der Waals surface area contributed by atoms with Crippen molar-refractivity contribution in [2.75, 3.05) is 80.3 Å². The predicted octanol–water partition coefficient (Wildman–Crippen LogP) is -8.64. The number of benzene rings is 1. The van der Waals surface area contributed by atoms with Crippen molar-refractivity contribution in [3.63, 3.8) is 0 Å². The fourth-order valence-corrected chi connectivity index (χ4v) is 21.7. The third-order valence-corrected chi connectivity index (χ3v) is 30.2. The number of nitrogens with two attached hydrogens (primary N) is 6. The predicted molar refractivity (Wildman–Crippen MR) is 555 cm³/mol. The lowest BCUT2D eigenvalue weighted by Gasteiger charge is -2.31. The summed E-state index contributed by atoms with van der Waals surface area (Å²) in [6.07, 6.45) is -3.27. The summed E-state index contributed by atoms with van der Waals surface area (Å²) in [5, 5.41) is 112. The number of hydrogen-bond donors (Lipinski definition) is 35. The van der Waals surface area contributed by atoms with E-state index in [0.717, 1.165) is 71.7 Å². The van der Waals surface area contributed by atoms with Crippen LogP contribution in [0.3, 0.4) is 0 Å². The smallest absolute Gasteiger partial charge is 0.245 e. The molecular formula is C86H146N34O19S6. The number of rotatable bonds is 32. The summed E-state index contributed by atoms with van der Waals surface area (Å²) in [5.41, 5.74) is 34.6. The molecule has 59 heteroatoms. The molecule has 0 spiro atoms. The van der Waals surface area contributed by atoms with E-state index in [9.17, 15) is 33.9 Å². The van der Waals surface area contributed by atoms with Crippen LogP contribution < -0.4 is 157 Å². The Bertz CT molecular complexity index is 4600.